The Balaban J connectivity index is 1.57. The molecule has 3 heterocycles. The number of nitriles is 1. The van der Waals surface area contributed by atoms with Crippen LogP contribution in [0.4, 0.5) is 10.2 Å². The second-order valence-corrected chi connectivity index (χ2v) is 7.32. The Labute approximate surface area is 178 Å². The van der Waals surface area contributed by atoms with Crippen LogP contribution < -0.4 is 16.4 Å². The van der Waals surface area contributed by atoms with Crippen molar-refractivity contribution in [2.45, 2.75) is 25.2 Å². The number of rotatable bonds is 5. The summed E-state index contributed by atoms with van der Waals surface area (Å²) in [4.78, 5) is 21.2. The van der Waals surface area contributed by atoms with Crippen molar-refractivity contribution >= 4 is 11.7 Å². The first-order valence-corrected chi connectivity index (χ1v) is 9.82. The van der Waals surface area contributed by atoms with E-state index in [1.807, 2.05) is 30.3 Å². The summed E-state index contributed by atoms with van der Waals surface area (Å²) in [6, 6.07) is 9.23. The molecule has 158 valence electrons. The number of anilines is 1. The third-order valence-electron chi connectivity index (χ3n) is 5.01. The van der Waals surface area contributed by atoms with E-state index in [2.05, 4.69) is 25.7 Å². The van der Waals surface area contributed by atoms with E-state index in [0.717, 1.165) is 16.7 Å². The second kappa shape index (κ2) is 8.89. The maximum Gasteiger partial charge on any atom is 0.274 e. The number of aromatic nitrogens is 4. The van der Waals surface area contributed by atoms with Gasteiger partial charge in [0.05, 0.1) is 24.2 Å². The molecule has 1 aromatic carbocycles. The van der Waals surface area contributed by atoms with Gasteiger partial charge in [0, 0.05) is 42.9 Å². The molecular formula is C21H21FN8O. The third-order valence-corrected chi connectivity index (χ3v) is 5.01. The van der Waals surface area contributed by atoms with Crippen molar-refractivity contribution in [3.05, 3.63) is 48.5 Å². The fourth-order valence-electron chi connectivity index (χ4n) is 3.49. The number of amides is 1. The Kier molecular flexibility index (Phi) is 5.86. The number of nitrogens with two attached hydrogens (primary N) is 1. The lowest BCUT2D eigenvalue weighted by Crippen LogP contribution is -2.49. The molecule has 31 heavy (non-hydrogen) atoms. The molecule has 0 bridgehead atoms. The third kappa shape index (κ3) is 4.67. The number of benzene rings is 1. The zero-order chi connectivity index (χ0) is 21.8. The minimum Gasteiger partial charge on any atom is -0.382 e. The van der Waals surface area contributed by atoms with Crippen LogP contribution >= 0.6 is 0 Å². The lowest BCUT2D eigenvalue weighted by Gasteiger charge is -2.26. The summed E-state index contributed by atoms with van der Waals surface area (Å²) >= 11 is 0. The quantitative estimate of drug-likeness (QED) is 0.570. The average Bonchev–Trinajstić information content (AvgIpc) is 3.23. The Bertz CT molecular complexity index is 1140. The first-order chi connectivity index (χ1) is 15.0. The van der Waals surface area contributed by atoms with Gasteiger partial charge in [0.1, 0.15) is 12.7 Å². The number of nitrogen functional groups attached to an aromatic ring is 1. The molecule has 2 atom stereocenters. The van der Waals surface area contributed by atoms with Crippen LogP contribution in [0, 0.1) is 11.3 Å². The number of halogens is 1. The van der Waals surface area contributed by atoms with E-state index in [0.29, 0.717) is 12.2 Å². The molecule has 1 aliphatic heterocycles. The summed E-state index contributed by atoms with van der Waals surface area (Å²) in [5.41, 5.74) is 8.86. The molecule has 0 radical (unpaired) electrons. The van der Waals surface area contributed by atoms with Crippen LogP contribution in [0.5, 0.6) is 0 Å². The van der Waals surface area contributed by atoms with E-state index < -0.39 is 12.1 Å². The zero-order valence-electron chi connectivity index (χ0n) is 16.6. The highest BCUT2D eigenvalue weighted by Gasteiger charge is 2.24. The fourth-order valence-corrected chi connectivity index (χ4v) is 3.49. The van der Waals surface area contributed by atoms with Gasteiger partial charge in [-0.1, -0.05) is 18.2 Å². The van der Waals surface area contributed by atoms with Crippen molar-refractivity contribution in [2.75, 3.05) is 18.8 Å². The Hall–Kier alpha value is -3.84. The van der Waals surface area contributed by atoms with Crippen LogP contribution in [0.1, 0.15) is 16.9 Å². The summed E-state index contributed by atoms with van der Waals surface area (Å²) < 4.78 is 15.1. The monoisotopic (exact) mass is 420 g/mol. The molecule has 1 amide bonds. The SMILES string of the molecule is N#CCn1cc(-c2cccc(-c3cnc(N)c(C(=O)N[C@@H]4CNC[C@@H](F)C4)n3)c2)cn1. The van der Waals surface area contributed by atoms with Gasteiger partial charge in [0.25, 0.3) is 5.91 Å². The van der Waals surface area contributed by atoms with E-state index in [9.17, 15) is 9.18 Å². The predicted octanol–water partition coefficient (Wildman–Crippen LogP) is 1.54. The molecule has 10 heteroatoms. The first-order valence-electron chi connectivity index (χ1n) is 9.82. The molecule has 9 nitrogen and oxygen atoms in total. The normalized spacial score (nSPS) is 18.3. The van der Waals surface area contributed by atoms with Crippen molar-refractivity contribution in [3.8, 4) is 28.5 Å². The van der Waals surface area contributed by atoms with Gasteiger partial charge < -0.3 is 16.4 Å². The van der Waals surface area contributed by atoms with Crippen molar-refractivity contribution in [3.63, 3.8) is 0 Å². The standard InChI is InChI=1S/C21H21FN8O/c22-16-7-17(10-25-9-16)28-21(31)19-20(24)26-11-18(29-19)14-3-1-2-13(6-14)15-8-27-30(12-15)5-4-23/h1-3,6,8,11-12,16-17,25H,5,7,9-10H2,(H2,24,26)(H,28,31)/t16-,17-/m0/s1. The summed E-state index contributed by atoms with van der Waals surface area (Å²) in [6.07, 6.45) is 4.21. The molecule has 0 unspecified atom stereocenters. The fraction of sp³-hybridized carbons (Fsp3) is 0.286. The highest BCUT2D eigenvalue weighted by Crippen LogP contribution is 2.25. The van der Waals surface area contributed by atoms with Crippen LogP contribution in [0.15, 0.2) is 42.9 Å². The van der Waals surface area contributed by atoms with E-state index in [-0.39, 0.29) is 37.1 Å². The van der Waals surface area contributed by atoms with Crippen LogP contribution in [-0.4, -0.2) is 51.0 Å². The molecule has 0 aliphatic carbocycles. The smallest absolute Gasteiger partial charge is 0.274 e. The number of nitrogens with one attached hydrogen (secondary N) is 2. The molecule has 0 spiro atoms. The van der Waals surface area contributed by atoms with E-state index in [4.69, 9.17) is 11.0 Å². The average molecular weight is 420 g/mol. The topological polar surface area (TPSA) is 135 Å². The van der Waals surface area contributed by atoms with Crippen molar-refractivity contribution in [1.82, 2.24) is 30.4 Å². The summed E-state index contributed by atoms with van der Waals surface area (Å²) in [5.74, 6) is -0.475. The lowest BCUT2D eigenvalue weighted by molar-refractivity contribution is 0.0914. The minimum absolute atomic E-state index is 0.00530. The van der Waals surface area contributed by atoms with Gasteiger partial charge >= 0.3 is 0 Å². The van der Waals surface area contributed by atoms with Gasteiger partial charge in [-0.15, -0.1) is 0 Å². The number of carbonyl (C=O) groups is 1. The lowest BCUT2D eigenvalue weighted by atomic mass is 10.0. The summed E-state index contributed by atoms with van der Waals surface area (Å²) in [7, 11) is 0. The number of alkyl halides is 1. The van der Waals surface area contributed by atoms with Gasteiger partial charge in [-0.2, -0.15) is 10.4 Å². The van der Waals surface area contributed by atoms with Crippen molar-refractivity contribution < 1.29 is 9.18 Å². The van der Waals surface area contributed by atoms with Crippen LogP contribution in [0.3, 0.4) is 0 Å². The van der Waals surface area contributed by atoms with E-state index >= 15 is 0 Å². The van der Waals surface area contributed by atoms with E-state index in [1.165, 1.54) is 6.20 Å². The molecule has 1 saturated heterocycles. The largest absolute Gasteiger partial charge is 0.382 e. The van der Waals surface area contributed by atoms with Gasteiger partial charge in [-0.05, 0) is 11.6 Å². The first kappa shape index (κ1) is 20.4. The van der Waals surface area contributed by atoms with Gasteiger partial charge in [-0.25, -0.2) is 14.4 Å². The number of nitrogens with zero attached hydrogens (tertiary/aromatic N) is 5. The predicted molar refractivity (Wildman–Crippen MR) is 112 cm³/mol. The summed E-state index contributed by atoms with van der Waals surface area (Å²) in [6.45, 7) is 0.942. The molecule has 4 N–H and O–H groups in total. The Morgan fingerprint density at radius 1 is 1.32 bits per heavy atom. The summed E-state index contributed by atoms with van der Waals surface area (Å²) in [5, 5.41) is 18.7. The van der Waals surface area contributed by atoms with Gasteiger partial charge in [0.15, 0.2) is 11.5 Å². The van der Waals surface area contributed by atoms with Crippen LogP contribution in [0.2, 0.25) is 0 Å². The Morgan fingerprint density at radius 3 is 2.97 bits per heavy atom. The zero-order valence-corrected chi connectivity index (χ0v) is 16.6. The minimum atomic E-state index is -1.01. The van der Waals surface area contributed by atoms with Crippen LogP contribution in [0.25, 0.3) is 22.4 Å². The van der Waals surface area contributed by atoms with Gasteiger partial charge in [-0.3, -0.25) is 9.48 Å². The maximum absolute atomic E-state index is 13.6. The number of piperidine rings is 1. The number of hydrogen-bond donors (Lipinski definition) is 3. The van der Waals surface area contributed by atoms with Gasteiger partial charge in [0.2, 0.25) is 0 Å². The van der Waals surface area contributed by atoms with Crippen molar-refractivity contribution in [2.24, 2.45) is 0 Å². The maximum atomic E-state index is 13.6. The van der Waals surface area contributed by atoms with Crippen LogP contribution in [-0.2, 0) is 6.54 Å². The highest BCUT2D eigenvalue weighted by atomic mass is 19.1. The number of hydrogen-bond acceptors (Lipinski definition) is 7. The molecule has 0 saturated carbocycles. The molecular weight excluding hydrogens is 399 g/mol. The molecule has 1 aliphatic rings. The van der Waals surface area contributed by atoms with Crippen molar-refractivity contribution in [1.29, 1.82) is 5.26 Å². The second-order valence-electron chi connectivity index (χ2n) is 7.32. The Morgan fingerprint density at radius 2 is 2.16 bits per heavy atom. The molecule has 1 fully saturated rings. The molecule has 2 aromatic heterocycles. The molecule has 3 aromatic rings. The highest BCUT2D eigenvalue weighted by molar-refractivity contribution is 5.97. The van der Waals surface area contributed by atoms with E-state index in [1.54, 1.807) is 17.1 Å². The molecule has 4 rings (SSSR count). The number of carbonyl (C=O) groups excluding carboxylic acids is 1.